The molecule has 1 amide bonds. The highest BCUT2D eigenvalue weighted by Gasteiger charge is 2.37. The van der Waals surface area contributed by atoms with Crippen LogP contribution in [-0.2, 0) is 11.3 Å². The van der Waals surface area contributed by atoms with Gasteiger partial charge in [0.05, 0.1) is 5.69 Å². The highest BCUT2D eigenvalue weighted by molar-refractivity contribution is 5.90. The number of guanidine groups is 1. The molecule has 0 unspecified atom stereocenters. The van der Waals surface area contributed by atoms with E-state index in [0.29, 0.717) is 6.54 Å². The first-order valence-corrected chi connectivity index (χ1v) is 10.3. The summed E-state index contributed by atoms with van der Waals surface area (Å²) in [5.41, 5.74) is 2.69. The van der Waals surface area contributed by atoms with Gasteiger partial charge in [0.15, 0.2) is 5.96 Å². The van der Waals surface area contributed by atoms with Crippen LogP contribution in [0.5, 0.6) is 0 Å². The lowest BCUT2D eigenvalue weighted by Gasteiger charge is -2.28. The molecular formula is C22H34N4O2. The van der Waals surface area contributed by atoms with Gasteiger partial charge in [0, 0.05) is 26.2 Å². The third kappa shape index (κ3) is 5.88. The minimum Gasteiger partial charge on any atom is -0.443 e. The minimum absolute atomic E-state index is 0.253. The molecule has 0 atom stereocenters. The number of carbonyl (C=O) groups is 1. The Bertz CT molecular complexity index is 731. The number of carbonyl (C=O) groups excluding carboxylic acids is 1. The first-order chi connectivity index (χ1) is 13.3. The fourth-order valence-electron chi connectivity index (χ4n) is 3.16. The molecule has 1 aromatic carbocycles. The SMILES string of the molecule is CN=C(NCc1ccc(N(C(=O)OC(C)(C)C)C2CC2)c(C)c1)NCC1CC1. The van der Waals surface area contributed by atoms with Crippen LogP contribution in [0.1, 0.15) is 57.6 Å². The van der Waals surface area contributed by atoms with Gasteiger partial charge in [-0.15, -0.1) is 0 Å². The zero-order chi connectivity index (χ0) is 20.3. The van der Waals surface area contributed by atoms with Crippen molar-refractivity contribution in [2.75, 3.05) is 18.5 Å². The first kappa shape index (κ1) is 20.5. The second-order valence-electron chi connectivity index (χ2n) is 8.95. The van der Waals surface area contributed by atoms with E-state index >= 15 is 0 Å². The van der Waals surface area contributed by atoms with Crippen molar-refractivity contribution in [2.45, 2.75) is 71.6 Å². The summed E-state index contributed by atoms with van der Waals surface area (Å²) in [4.78, 5) is 18.8. The van der Waals surface area contributed by atoms with E-state index < -0.39 is 5.60 Å². The third-order valence-electron chi connectivity index (χ3n) is 4.96. The number of amides is 1. The van der Waals surface area contributed by atoms with Crippen LogP contribution < -0.4 is 15.5 Å². The van der Waals surface area contributed by atoms with Crippen molar-refractivity contribution in [3.8, 4) is 0 Å². The first-order valence-electron chi connectivity index (χ1n) is 10.3. The largest absolute Gasteiger partial charge is 0.443 e. The normalized spacial score (nSPS) is 17.2. The van der Waals surface area contributed by atoms with Crippen LogP contribution >= 0.6 is 0 Å². The van der Waals surface area contributed by atoms with E-state index in [-0.39, 0.29) is 12.1 Å². The summed E-state index contributed by atoms with van der Waals surface area (Å²) in [7, 11) is 1.80. The molecule has 2 fully saturated rings. The summed E-state index contributed by atoms with van der Waals surface area (Å²) in [5, 5.41) is 6.74. The summed E-state index contributed by atoms with van der Waals surface area (Å²) < 4.78 is 5.64. The highest BCUT2D eigenvalue weighted by atomic mass is 16.6. The van der Waals surface area contributed by atoms with Crippen molar-refractivity contribution in [3.05, 3.63) is 29.3 Å². The van der Waals surface area contributed by atoms with Gasteiger partial charge in [0.25, 0.3) is 0 Å². The smallest absolute Gasteiger partial charge is 0.415 e. The average molecular weight is 387 g/mol. The van der Waals surface area contributed by atoms with Crippen molar-refractivity contribution < 1.29 is 9.53 Å². The summed E-state index contributed by atoms with van der Waals surface area (Å²) >= 11 is 0. The van der Waals surface area contributed by atoms with Crippen LogP contribution in [0, 0.1) is 12.8 Å². The van der Waals surface area contributed by atoms with Gasteiger partial charge in [0.2, 0.25) is 0 Å². The van der Waals surface area contributed by atoms with E-state index in [9.17, 15) is 4.79 Å². The van der Waals surface area contributed by atoms with Gasteiger partial charge in [-0.25, -0.2) is 4.79 Å². The lowest BCUT2D eigenvalue weighted by atomic mass is 10.1. The maximum absolute atomic E-state index is 12.7. The van der Waals surface area contributed by atoms with Gasteiger partial charge in [-0.05, 0) is 76.5 Å². The number of nitrogens with one attached hydrogen (secondary N) is 2. The summed E-state index contributed by atoms with van der Waals surface area (Å²) in [6, 6.07) is 6.50. The molecule has 6 heteroatoms. The standard InChI is InChI=1S/C22H34N4O2/c1-15-12-17(14-25-20(23-5)24-13-16-6-7-16)8-11-19(15)26(18-9-10-18)21(27)28-22(2,3)4/h8,11-12,16,18H,6-7,9-10,13-14H2,1-5H3,(H2,23,24,25). The zero-order valence-corrected chi connectivity index (χ0v) is 17.8. The van der Waals surface area contributed by atoms with Crippen LogP contribution in [0.15, 0.2) is 23.2 Å². The van der Waals surface area contributed by atoms with Crippen molar-refractivity contribution in [3.63, 3.8) is 0 Å². The number of hydrogen-bond acceptors (Lipinski definition) is 3. The monoisotopic (exact) mass is 386 g/mol. The average Bonchev–Trinajstić information content (AvgIpc) is 3.50. The Balaban J connectivity index is 1.64. The quantitative estimate of drug-likeness (QED) is 0.573. The van der Waals surface area contributed by atoms with Crippen molar-refractivity contribution >= 4 is 17.7 Å². The van der Waals surface area contributed by atoms with E-state index in [0.717, 1.165) is 48.1 Å². The van der Waals surface area contributed by atoms with Gasteiger partial charge in [-0.3, -0.25) is 9.89 Å². The van der Waals surface area contributed by atoms with Crippen molar-refractivity contribution in [1.82, 2.24) is 10.6 Å². The van der Waals surface area contributed by atoms with Crippen LogP contribution in [0.25, 0.3) is 0 Å². The molecule has 154 valence electrons. The molecular weight excluding hydrogens is 352 g/mol. The Morgan fingerprint density at radius 3 is 2.46 bits per heavy atom. The summed E-state index contributed by atoms with van der Waals surface area (Å²) in [6.45, 7) is 9.45. The molecule has 0 radical (unpaired) electrons. The Labute approximate surface area is 168 Å². The lowest BCUT2D eigenvalue weighted by molar-refractivity contribution is 0.0577. The number of hydrogen-bond donors (Lipinski definition) is 2. The maximum atomic E-state index is 12.7. The predicted molar refractivity (Wildman–Crippen MR) is 114 cm³/mol. The van der Waals surface area contributed by atoms with E-state index in [1.54, 1.807) is 7.05 Å². The molecule has 2 N–H and O–H groups in total. The molecule has 2 saturated carbocycles. The van der Waals surface area contributed by atoms with Crippen molar-refractivity contribution in [2.24, 2.45) is 10.9 Å². The van der Waals surface area contributed by atoms with Gasteiger partial charge in [-0.2, -0.15) is 0 Å². The number of nitrogens with zero attached hydrogens (tertiary/aromatic N) is 2. The molecule has 2 aliphatic rings. The summed E-state index contributed by atoms with van der Waals surface area (Å²) in [6.07, 6.45) is 4.45. The molecule has 2 aliphatic carbocycles. The Hall–Kier alpha value is -2.24. The summed E-state index contributed by atoms with van der Waals surface area (Å²) in [5.74, 6) is 1.64. The van der Waals surface area contributed by atoms with Crippen LogP contribution in [0.2, 0.25) is 0 Å². The molecule has 0 spiro atoms. The van der Waals surface area contributed by atoms with E-state index in [4.69, 9.17) is 4.74 Å². The number of aliphatic imine (C=N–C) groups is 1. The highest BCUT2D eigenvalue weighted by Crippen LogP contribution is 2.35. The van der Waals surface area contributed by atoms with Gasteiger partial charge in [-0.1, -0.05) is 12.1 Å². The lowest BCUT2D eigenvalue weighted by Crippen LogP contribution is -2.39. The zero-order valence-electron chi connectivity index (χ0n) is 17.8. The molecule has 0 saturated heterocycles. The van der Waals surface area contributed by atoms with E-state index in [2.05, 4.69) is 34.7 Å². The number of rotatable bonds is 6. The van der Waals surface area contributed by atoms with E-state index in [1.165, 1.54) is 12.8 Å². The maximum Gasteiger partial charge on any atom is 0.415 e. The van der Waals surface area contributed by atoms with Crippen LogP contribution in [0.4, 0.5) is 10.5 Å². The number of ether oxygens (including phenoxy) is 1. The molecule has 0 aromatic heterocycles. The topological polar surface area (TPSA) is 66.0 Å². The molecule has 28 heavy (non-hydrogen) atoms. The van der Waals surface area contributed by atoms with Gasteiger partial charge >= 0.3 is 6.09 Å². The second kappa shape index (κ2) is 8.41. The fourth-order valence-corrected chi connectivity index (χ4v) is 3.16. The Morgan fingerprint density at radius 1 is 1.21 bits per heavy atom. The van der Waals surface area contributed by atoms with Gasteiger partial charge in [0.1, 0.15) is 5.60 Å². The second-order valence-corrected chi connectivity index (χ2v) is 8.95. The molecule has 1 aromatic rings. The van der Waals surface area contributed by atoms with Crippen molar-refractivity contribution in [1.29, 1.82) is 0 Å². The van der Waals surface area contributed by atoms with E-state index in [1.807, 2.05) is 31.7 Å². The minimum atomic E-state index is -0.495. The molecule has 0 bridgehead atoms. The third-order valence-corrected chi connectivity index (χ3v) is 4.96. The molecule has 6 nitrogen and oxygen atoms in total. The number of benzene rings is 1. The molecule has 3 rings (SSSR count). The van der Waals surface area contributed by atoms with Gasteiger partial charge < -0.3 is 15.4 Å². The fraction of sp³-hybridized carbons (Fsp3) is 0.636. The van der Waals surface area contributed by atoms with Crippen LogP contribution in [-0.4, -0.2) is 37.3 Å². The molecule has 0 aliphatic heterocycles. The Morgan fingerprint density at radius 2 is 1.93 bits per heavy atom. The molecule has 0 heterocycles. The Kier molecular flexibility index (Phi) is 6.16. The number of anilines is 1. The number of aryl methyl sites for hydroxylation is 1. The predicted octanol–water partition coefficient (Wildman–Crippen LogP) is 3.97. The van der Waals surface area contributed by atoms with Crippen LogP contribution in [0.3, 0.4) is 0 Å².